The minimum atomic E-state index is -0.727. The summed E-state index contributed by atoms with van der Waals surface area (Å²) in [5, 5.41) is 10.3. The number of amides is 1. The van der Waals surface area contributed by atoms with Gasteiger partial charge in [-0.05, 0) is 43.0 Å². The Kier molecular flexibility index (Phi) is 4.43. The van der Waals surface area contributed by atoms with Gasteiger partial charge in [0.2, 0.25) is 0 Å². The molecule has 6 heteroatoms. The van der Waals surface area contributed by atoms with Gasteiger partial charge in [0.15, 0.2) is 0 Å². The van der Waals surface area contributed by atoms with Crippen LogP contribution in [0.5, 0.6) is 0 Å². The van der Waals surface area contributed by atoms with Gasteiger partial charge in [0.1, 0.15) is 11.9 Å². The average Bonchev–Trinajstić information content (AvgIpc) is 3.31. The summed E-state index contributed by atoms with van der Waals surface area (Å²) in [6, 6.07) is 5.43. The lowest BCUT2D eigenvalue weighted by molar-refractivity contribution is -0.0193. The van der Waals surface area contributed by atoms with Gasteiger partial charge in [-0.3, -0.25) is 4.79 Å². The van der Waals surface area contributed by atoms with Crippen molar-refractivity contribution in [3.05, 3.63) is 45.5 Å². The van der Waals surface area contributed by atoms with Crippen molar-refractivity contribution in [2.45, 2.75) is 37.8 Å². The molecule has 5 nitrogen and oxygen atoms in total. The van der Waals surface area contributed by atoms with Gasteiger partial charge in [0, 0.05) is 17.8 Å². The number of ether oxygens (including phenoxy) is 1. The number of aryl methyl sites for hydroxylation is 2. The Morgan fingerprint density at radius 2 is 2.38 bits per heavy atom. The van der Waals surface area contributed by atoms with Crippen LogP contribution in [-0.4, -0.2) is 41.7 Å². The molecule has 2 aliphatic rings. The largest absolute Gasteiger partial charge is 0.467 e. The third-order valence-corrected chi connectivity index (χ3v) is 6.04. The van der Waals surface area contributed by atoms with Crippen LogP contribution in [0.15, 0.2) is 28.9 Å². The molecule has 1 fully saturated rings. The van der Waals surface area contributed by atoms with Crippen molar-refractivity contribution < 1.29 is 19.1 Å². The van der Waals surface area contributed by atoms with Crippen molar-refractivity contribution in [2.24, 2.45) is 0 Å². The molecule has 1 aliphatic carbocycles. The van der Waals surface area contributed by atoms with Crippen molar-refractivity contribution in [1.29, 1.82) is 0 Å². The van der Waals surface area contributed by atoms with Crippen LogP contribution in [0.1, 0.15) is 44.8 Å². The number of furan rings is 1. The summed E-state index contributed by atoms with van der Waals surface area (Å²) >= 11 is 1.63. The highest BCUT2D eigenvalue weighted by Gasteiger charge is 2.32. The van der Waals surface area contributed by atoms with Crippen molar-refractivity contribution in [2.75, 3.05) is 19.8 Å². The van der Waals surface area contributed by atoms with Crippen LogP contribution in [0.25, 0.3) is 0 Å². The Morgan fingerprint density at radius 3 is 3.17 bits per heavy atom. The molecule has 1 saturated heterocycles. The van der Waals surface area contributed by atoms with E-state index in [1.807, 2.05) is 4.90 Å². The highest BCUT2D eigenvalue weighted by molar-refractivity contribution is 7.14. The monoisotopic (exact) mass is 347 g/mol. The maximum Gasteiger partial charge on any atom is 0.264 e. The third kappa shape index (κ3) is 3.01. The molecule has 4 rings (SSSR count). The SMILES string of the molecule is O=C(c1cc2c(s1)CCC2)N1CCOC[C@@H]1C[C@@H](O)c1ccco1. The second kappa shape index (κ2) is 6.70. The van der Waals surface area contributed by atoms with Crippen LogP contribution in [0.2, 0.25) is 0 Å². The number of fused-ring (bicyclic) bond motifs is 1. The van der Waals surface area contributed by atoms with Gasteiger partial charge in [0.25, 0.3) is 5.91 Å². The first-order chi connectivity index (χ1) is 11.7. The molecular formula is C18H21NO4S. The number of aliphatic hydroxyl groups is 1. The first-order valence-corrected chi connectivity index (χ1v) is 9.26. The highest BCUT2D eigenvalue weighted by atomic mass is 32.1. The Morgan fingerprint density at radius 1 is 1.46 bits per heavy atom. The van der Waals surface area contributed by atoms with E-state index in [1.165, 1.54) is 16.9 Å². The summed E-state index contributed by atoms with van der Waals surface area (Å²) in [6.07, 6.45) is 4.62. The molecule has 1 aliphatic heterocycles. The number of aliphatic hydroxyl groups excluding tert-OH is 1. The fourth-order valence-electron chi connectivity index (χ4n) is 3.55. The molecule has 0 saturated carbocycles. The number of carbonyl (C=O) groups excluding carboxylic acids is 1. The summed E-state index contributed by atoms with van der Waals surface area (Å²) in [5.74, 6) is 0.595. The van der Waals surface area contributed by atoms with Crippen LogP contribution >= 0.6 is 11.3 Å². The van der Waals surface area contributed by atoms with E-state index in [0.717, 1.165) is 17.7 Å². The summed E-state index contributed by atoms with van der Waals surface area (Å²) < 4.78 is 10.8. The predicted molar refractivity (Wildman–Crippen MR) is 90.3 cm³/mol. The zero-order valence-corrected chi connectivity index (χ0v) is 14.3. The smallest absolute Gasteiger partial charge is 0.264 e. The minimum Gasteiger partial charge on any atom is -0.467 e. The van der Waals surface area contributed by atoms with Gasteiger partial charge in [0.05, 0.1) is 30.4 Å². The number of morpholine rings is 1. The van der Waals surface area contributed by atoms with E-state index in [9.17, 15) is 9.90 Å². The zero-order chi connectivity index (χ0) is 16.5. The van der Waals surface area contributed by atoms with Gasteiger partial charge in [-0.15, -0.1) is 11.3 Å². The fraction of sp³-hybridized carbons (Fsp3) is 0.500. The molecule has 0 radical (unpaired) electrons. The molecule has 2 aromatic heterocycles. The molecule has 24 heavy (non-hydrogen) atoms. The maximum absolute atomic E-state index is 13.0. The Labute approximate surface area is 144 Å². The number of nitrogens with zero attached hydrogens (tertiary/aromatic N) is 1. The van der Waals surface area contributed by atoms with Crippen molar-refractivity contribution in [1.82, 2.24) is 4.90 Å². The third-order valence-electron chi connectivity index (χ3n) is 4.81. The maximum atomic E-state index is 13.0. The fourth-order valence-corrected chi connectivity index (χ4v) is 4.76. The molecule has 128 valence electrons. The van der Waals surface area contributed by atoms with Gasteiger partial charge in [-0.2, -0.15) is 0 Å². The summed E-state index contributed by atoms with van der Waals surface area (Å²) in [6.45, 7) is 1.57. The molecule has 0 aromatic carbocycles. The van der Waals surface area contributed by atoms with E-state index in [4.69, 9.17) is 9.15 Å². The summed E-state index contributed by atoms with van der Waals surface area (Å²) in [4.78, 5) is 17.0. The lowest BCUT2D eigenvalue weighted by Crippen LogP contribution is -2.49. The van der Waals surface area contributed by atoms with Gasteiger partial charge in [-0.25, -0.2) is 0 Å². The number of thiophene rings is 1. The van der Waals surface area contributed by atoms with E-state index in [0.29, 0.717) is 31.9 Å². The molecule has 0 unspecified atom stereocenters. The van der Waals surface area contributed by atoms with E-state index in [2.05, 4.69) is 6.07 Å². The molecule has 2 aromatic rings. The number of hydrogen-bond donors (Lipinski definition) is 1. The summed E-state index contributed by atoms with van der Waals surface area (Å²) in [7, 11) is 0. The van der Waals surface area contributed by atoms with E-state index in [1.54, 1.807) is 29.7 Å². The second-order valence-corrected chi connectivity index (χ2v) is 7.54. The highest BCUT2D eigenvalue weighted by Crippen LogP contribution is 2.32. The lowest BCUT2D eigenvalue weighted by atomic mass is 10.0. The molecule has 2 atom stereocenters. The van der Waals surface area contributed by atoms with Crippen LogP contribution in [-0.2, 0) is 17.6 Å². The van der Waals surface area contributed by atoms with Crippen LogP contribution in [0.4, 0.5) is 0 Å². The molecule has 0 spiro atoms. The number of carbonyl (C=O) groups is 1. The molecule has 1 N–H and O–H groups in total. The number of hydrogen-bond acceptors (Lipinski definition) is 5. The van der Waals surface area contributed by atoms with E-state index in [-0.39, 0.29) is 11.9 Å². The molecule has 3 heterocycles. The van der Waals surface area contributed by atoms with Crippen LogP contribution in [0, 0.1) is 0 Å². The Balaban J connectivity index is 1.49. The molecule has 0 bridgehead atoms. The van der Waals surface area contributed by atoms with E-state index < -0.39 is 6.10 Å². The van der Waals surface area contributed by atoms with Crippen molar-refractivity contribution >= 4 is 17.2 Å². The molecular weight excluding hydrogens is 326 g/mol. The van der Waals surface area contributed by atoms with Crippen LogP contribution in [0.3, 0.4) is 0 Å². The van der Waals surface area contributed by atoms with Crippen molar-refractivity contribution in [3.63, 3.8) is 0 Å². The standard InChI is InChI=1S/C18H21NO4S/c20-14(15-4-2-7-23-15)10-13-11-22-8-6-19(13)18(21)17-9-12-3-1-5-16(12)24-17/h2,4,7,9,13-14,20H,1,3,5-6,8,10-11H2/t13-,14+/m0/s1. The lowest BCUT2D eigenvalue weighted by Gasteiger charge is -2.36. The van der Waals surface area contributed by atoms with Gasteiger partial charge < -0.3 is 19.2 Å². The predicted octanol–water partition coefficient (Wildman–Crippen LogP) is 2.79. The molecule has 1 amide bonds. The van der Waals surface area contributed by atoms with E-state index >= 15 is 0 Å². The first-order valence-electron chi connectivity index (χ1n) is 8.44. The zero-order valence-electron chi connectivity index (χ0n) is 13.4. The second-order valence-electron chi connectivity index (χ2n) is 6.41. The normalized spacial score (nSPS) is 21.7. The summed E-state index contributed by atoms with van der Waals surface area (Å²) in [5.41, 5.74) is 1.34. The number of rotatable bonds is 4. The van der Waals surface area contributed by atoms with Gasteiger partial charge in [-0.1, -0.05) is 0 Å². The Hall–Kier alpha value is -1.63. The van der Waals surface area contributed by atoms with Crippen LogP contribution < -0.4 is 0 Å². The first kappa shape index (κ1) is 15.9. The average molecular weight is 347 g/mol. The van der Waals surface area contributed by atoms with Gasteiger partial charge >= 0.3 is 0 Å². The quantitative estimate of drug-likeness (QED) is 0.924. The topological polar surface area (TPSA) is 62.9 Å². The minimum absolute atomic E-state index is 0.0642. The Bertz CT molecular complexity index is 687. The van der Waals surface area contributed by atoms with Crippen molar-refractivity contribution in [3.8, 4) is 0 Å².